The number of rotatable bonds is 5. The summed E-state index contributed by atoms with van der Waals surface area (Å²) in [5.74, 6) is -0.477. The number of nitrogens with zero attached hydrogens (tertiary/aromatic N) is 3. The van der Waals surface area contributed by atoms with Gasteiger partial charge in [0, 0.05) is 23.6 Å². The summed E-state index contributed by atoms with van der Waals surface area (Å²) >= 11 is 0. The zero-order chi connectivity index (χ0) is 19.5. The molecule has 2 aromatic carbocycles. The Morgan fingerprint density at radius 1 is 1.00 bits per heavy atom. The van der Waals surface area contributed by atoms with Gasteiger partial charge in [0.25, 0.3) is 0 Å². The minimum absolute atomic E-state index is 0.191. The van der Waals surface area contributed by atoms with Crippen molar-refractivity contribution < 1.29 is 13.9 Å². The third-order valence-electron chi connectivity index (χ3n) is 4.34. The second kappa shape index (κ2) is 7.44. The molecule has 0 aliphatic heterocycles. The number of halogens is 1. The van der Waals surface area contributed by atoms with E-state index in [0.717, 1.165) is 11.3 Å². The second-order valence-corrected chi connectivity index (χ2v) is 6.08. The molecule has 0 amide bonds. The van der Waals surface area contributed by atoms with Gasteiger partial charge >= 0.3 is 0 Å². The Morgan fingerprint density at radius 3 is 2.64 bits per heavy atom. The molecule has 0 radical (unpaired) electrons. The van der Waals surface area contributed by atoms with Gasteiger partial charge in [-0.3, -0.25) is 9.78 Å². The monoisotopic (exact) mass is 373 g/mol. The summed E-state index contributed by atoms with van der Waals surface area (Å²) in [6.07, 6.45) is 4.79. The summed E-state index contributed by atoms with van der Waals surface area (Å²) in [7, 11) is 1.44. The molecule has 0 unspecified atom stereocenters. The lowest BCUT2D eigenvalue weighted by Crippen LogP contribution is -2.03. The van der Waals surface area contributed by atoms with E-state index in [0.29, 0.717) is 17.0 Å². The van der Waals surface area contributed by atoms with Crippen LogP contribution in [0.1, 0.15) is 16.2 Å². The number of carbonyl (C=O) groups is 1. The van der Waals surface area contributed by atoms with Crippen LogP contribution in [0.25, 0.3) is 16.8 Å². The van der Waals surface area contributed by atoms with Crippen molar-refractivity contribution >= 4 is 5.78 Å². The highest BCUT2D eigenvalue weighted by Gasteiger charge is 2.15. The molecule has 4 aromatic rings. The zero-order valence-electron chi connectivity index (χ0n) is 15.0. The highest BCUT2D eigenvalue weighted by atomic mass is 19.1. The van der Waals surface area contributed by atoms with Gasteiger partial charge in [0.2, 0.25) is 5.78 Å². The smallest absolute Gasteiger partial charge is 0.231 e. The van der Waals surface area contributed by atoms with Crippen molar-refractivity contribution in [2.45, 2.75) is 0 Å². The van der Waals surface area contributed by atoms with Crippen LogP contribution in [-0.4, -0.2) is 27.4 Å². The number of methoxy groups -OCH3 is 1. The van der Waals surface area contributed by atoms with Crippen molar-refractivity contribution in [2.75, 3.05) is 7.11 Å². The minimum Gasteiger partial charge on any atom is -0.493 e. The van der Waals surface area contributed by atoms with Crippen LogP contribution in [0.2, 0.25) is 0 Å². The number of hydrogen-bond donors (Lipinski definition) is 0. The molecular formula is C22H16FN3O2. The number of para-hydroxylation sites is 1. The van der Waals surface area contributed by atoms with Gasteiger partial charge in [0.1, 0.15) is 17.7 Å². The first-order valence-corrected chi connectivity index (χ1v) is 8.60. The summed E-state index contributed by atoms with van der Waals surface area (Å²) in [4.78, 5) is 20.8. The van der Waals surface area contributed by atoms with Gasteiger partial charge in [-0.25, -0.2) is 9.37 Å². The van der Waals surface area contributed by atoms with E-state index in [1.807, 2.05) is 24.3 Å². The van der Waals surface area contributed by atoms with Gasteiger partial charge in [0.15, 0.2) is 11.6 Å². The molecule has 0 fully saturated rings. The Hall–Kier alpha value is -3.80. The van der Waals surface area contributed by atoms with Crippen LogP contribution in [0.15, 0.2) is 79.4 Å². The van der Waals surface area contributed by atoms with Crippen molar-refractivity contribution in [3.8, 4) is 22.6 Å². The Labute approximate surface area is 161 Å². The van der Waals surface area contributed by atoms with Crippen LogP contribution in [0.5, 0.6) is 5.75 Å². The van der Waals surface area contributed by atoms with E-state index in [1.54, 1.807) is 53.6 Å². The van der Waals surface area contributed by atoms with Crippen molar-refractivity contribution in [3.05, 3.63) is 96.6 Å². The molecular weight excluding hydrogens is 357 g/mol. The zero-order valence-corrected chi connectivity index (χ0v) is 15.0. The predicted octanol–water partition coefficient (Wildman–Crippen LogP) is 4.31. The number of pyridine rings is 1. The molecule has 0 saturated carbocycles. The number of hydrogen-bond acceptors (Lipinski definition) is 4. The van der Waals surface area contributed by atoms with Gasteiger partial charge in [-0.15, -0.1) is 0 Å². The largest absolute Gasteiger partial charge is 0.493 e. The minimum atomic E-state index is -0.420. The molecule has 2 heterocycles. The van der Waals surface area contributed by atoms with Crippen molar-refractivity contribution in [3.63, 3.8) is 0 Å². The maximum absolute atomic E-state index is 14.0. The molecule has 0 saturated heterocycles. The molecule has 0 aliphatic carbocycles. The van der Waals surface area contributed by atoms with Gasteiger partial charge in [-0.05, 0) is 35.9 Å². The molecule has 2 aromatic heterocycles. The fraction of sp³-hybridized carbons (Fsp3) is 0.0455. The Kier molecular flexibility index (Phi) is 4.68. The molecule has 28 heavy (non-hydrogen) atoms. The lowest BCUT2D eigenvalue weighted by molar-refractivity contribution is 0.103. The van der Waals surface area contributed by atoms with Crippen LogP contribution < -0.4 is 4.74 Å². The number of ether oxygens (including phenoxy) is 1. The highest BCUT2D eigenvalue weighted by molar-refractivity contribution is 6.06. The molecule has 0 spiro atoms. The summed E-state index contributed by atoms with van der Waals surface area (Å²) in [5.41, 5.74) is 2.87. The normalized spacial score (nSPS) is 10.6. The van der Waals surface area contributed by atoms with Crippen LogP contribution in [0.4, 0.5) is 4.39 Å². The van der Waals surface area contributed by atoms with Gasteiger partial charge < -0.3 is 9.30 Å². The number of imidazole rings is 1. The fourth-order valence-electron chi connectivity index (χ4n) is 2.99. The molecule has 5 nitrogen and oxygen atoms in total. The van der Waals surface area contributed by atoms with Gasteiger partial charge in [0.05, 0.1) is 7.11 Å². The van der Waals surface area contributed by atoms with E-state index in [-0.39, 0.29) is 11.5 Å². The van der Waals surface area contributed by atoms with E-state index in [9.17, 15) is 9.18 Å². The molecule has 4 rings (SSSR count). The molecule has 0 N–H and O–H groups in total. The number of aromatic nitrogens is 3. The Morgan fingerprint density at radius 2 is 1.86 bits per heavy atom. The molecule has 0 aliphatic rings. The van der Waals surface area contributed by atoms with Gasteiger partial charge in [-0.1, -0.05) is 30.3 Å². The molecule has 138 valence electrons. The van der Waals surface area contributed by atoms with Crippen molar-refractivity contribution in [2.24, 2.45) is 0 Å². The van der Waals surface area contributed by atoms with Crippen molar-refractivity contribution in [1.29, 1.82) is 0 Å². The quantitative estimate of drug-likeness (QED) is 0.489. The standard InChI is InChI=1S/C22H16FN3O2/c1-28-22-17(8-5-9-18(22)23)15-6-4-7-16(12-15)26-13-20(25-14-26)21(27)19-10-2-3-11-24-19/h2-14H,1H3. The van der Waals surface area contributed by atoms with E-state index in [1.165, 1.54) is 13.2 Å². The van der Waals surface area contributed by atoms with Crippen LogP contribution in [0.3, 0.4) is 0 Å². The lowest BCUT2D eigenvalue weighted by Gasteiger charge is -2.11. The molecule has 0 bridgehead atoms. The summed E-state index contributed by atoms with van der Waals surface area (Å²) in [5, 5.41) is 0. The molecule has 6 heteroatoms. The average Bonchev–Trinajstić information content (AvgIpc) is 3.24. The summed E-state index contributed by atoms with van der Waals surface area (Å²) < 4.78 is 21.0. The average molecular weight is 373 g/mol. The van der Waals surface area contributed by atoms with E-state index < -0.39 is 5.82 Å². The number of ketones is 1. The van der Waals surface area contributed by atoms with Gasteiger partial charge in [-0.2, -0.15) is 0 Å². The topological polar surface area (TPSA) is 57.0 Å². The first-order chi connectivity index (χ1) is 13.7. The first-order valence-electron chi connectivity index (χ1n) is 8.60. The lowest BCUT2D eigenvalue weighted by atomic mass is 10.0. The number of carbonyl (C=O) groups excluding carboxylic acids is 1. The van der Waals surface area contributed by atoms with E-state index >= 15 is 0 Å². The maximum Gasteiger partial charge on any atom is 0.231 e. The predicted molar refractivity (Wildman–Crippen MR) is 103 cm³/mol. The summed E-state index contributed by atoms with van der Waals surface area (Å²) in [6, 6.07) is 17.4. The number of benzene rings is 2. The molecule has 0 atom stereocenters. The highest BCUT2D eigenvalue weighted by Crippen LogP contribution is 2.33. The van der Waals surface area contributed by atoms with Crippen LogP contribution in [0, 0.1) is 5.82 Å². The second-order valence-electron chi connectivity index (χ2n) is 6.08. The Balaban J connectivity index is 1.69. The van der Waals surface area contributed by atoms with Crippen LogP contribution >= 0.6 is 0 Å². The SMILES string of the molecule is COc1c(F)cccc1-c1cccc(-n2cnc(C(=O)c3ccccn3)c2)c1. The summed E-state index contributed by atoms with van der Waals surface area (Å²) in [6.45, 7) is 0. The van der Waals surface area contributed by atoms with E-state index in [2.05, 4.69) is 9.97 Å². The first kappa shape index (κ1) is 17.6. The van der Waals surface area contributed by atoms with Crippen LogP contribution in [-0.2, 0) is 0 Å². The maximum atomic E-state index is 14.0. The third-order valence-corrected chi connectivity index (χ3v) is 4.34. The van der Waals surface area contributed by atoms with Crippen molar-refractivity contribution in [1.82, 2.24) is 14.5 Å². The fourth-order valence-corrected chi connectivity index (χ4v) is 2.99. The van der Waals surface area contributed by atoms with E-state index in [4.69, 9.17) is 4.74 Å². The third kappa shape index (κ3) is 3.27. The Bertz CT molecular complexity index is 1140.